The lowest BCUT2D eigenvalue weighted by molar-refractivity contribution is -0.123. The van der Waals surface area contributed by atoms with Crippen LogP contribution in [-0.4, -0.2) is 26.0 Å². The van der Waals surface area contributed by atoms with Gasteiger partial charge in [0.25, 0.3) is 0 Å². The van der Waals surface area contributed by atoms with Gasteiger partial charge in [-0.25, -0.2) is 0 Å². The van der Waals surface area contributed by atoms with E-state index in [1.165, 1.54) is 0 Å². The van der Waals surface area contributed by atoms with E-state index in [2.05, 4.69) is 10.6 Å². The molecule has 0 radical (unpaired) electrons. The number of carbonyl (C=O) groups excluding carboxylic acids is 1. The highest BCUT2D eigenvalue weighted by Crippen LogP contribution is 2.05. The molecule has 0 bridgehead atoms. The fourth-order valence-corrected chi connectivity index (χ4v) is 1.08. The second-order valence-corrected chi connectivity index (χ2v) is 2.30. The summed E-state index contributed by atoms with van der Waals surface area (Å²) in [6.07, 6.45) is 0.986. The van der Waals surface area contributed by atoms with Gasteiger partial charge in [0, 0.05) is 13.6 Å². The average molecular weight is 128 g/mol. The third-order valence-electron chi connectivity index (χ3n) is 1.68. The summed E-state index contributed by atoms with van der Waals surface area (Å²) in [7, 11) is 1.68. The van der Waals surface area contributed by atoms with Crippen LogP contribution < -0.4 is 10.6 Å². The minimum Gasteiger partial charge on any atom is -0.359 e. The van der Waals surface area contributed by atoms with Crippen molar-refractivity contribution in [2.75, 3.05) is 20.1 Å². The topological polar surface area (TPSA) is 41.1 Å². The molecule has 0 aromatic carbocycles. The van der Waals surface area contributed by atoms with Crippen LogP contribution in [0.1, 0.15) is 6.42 Å². The Hall–Kier alpha value is -0.570. The van der Waals surface area contributed by atoms with Gasteiger partial charge in [0.05, 0.1) is 5.92 Å². The van der Waals surface area contributed by atoms with E-state index in [1.54, 1.807) is 7.05 Å². The maximum absolute atomic E-state index is 10.9. The summed E-state index contributed by atoms with van der Waals surface area (Å²) in [5, 5.41) is 5.75. The van der Waals surface area contributed by atoms with Gasteiger partial charge in [0.1, 0.15) is 0 Å². The lowest BCUT2D eigenvalue weighted by Crippen LogP contribution is -2.28. The monoisotopic (exact) mass is 128 g/mol. The molecule has 1 heterocycles. The molecule has 1 aliphatic heterocycles. The minimum absolute atomic E-state index is 0.167. The third kappa shape index (κ3) is 1.42. The van der Waals surface area contributed by atoms with Crippen molar-refractivity contribution in [1.29, 1.82) is 0 Å². The van der Waals surface area contributed by atoms with Crippen LogP contribution in [0.2, 0.25) is 0 Å². The van der Waals surface area contributed by atoms with E-state index in [1.807, 2.05) is 0 Å². The summed E-state index contributed by atoms with van der Waals surface area (Å²) in [5.74, 6) is 0.384. The van der Waals surface area contributed by atoms with Crippen LogP contribution in [-0.2, 0) is 4.79 Å². The van der Waals surface area contributed by atoms with Gasteiger partial charge >= 0.3 is 0 Å². The van der Waals surface area contributed by atoms with Gasteiger partial charge in [0.2, 0.25) is 5.91 Å². The van der Waals surface area contributed by atoms with Crippen molar-refractivity contribution in [2.24, 2.45) is 5.92 Å². The largest absolute Gasteiger partial charge is 0.359 e. The zero-order chi connectivity index (χ0) is 6.69. The Morgan fingerprint density at radius 2 is 2.56 bits per heavy atom. The molecule has 52 valence electrons. The van der Waals surface area contributed by atoms with Gasteiger partial charge in [-0.1, -0.05) is 0 Å². The average Bonchev–Trinajstić information content (AvgIpc) is 2.37. The molecule has 1 atom stereocenters. The molecule has 0 unspecified atom stereocenters. The van der Waals surface area contributed by atoms with E-state index in [4.69, 9.17) is 0 Å². The maximum Gasteiger partial charge on any atom is 0.224 e. The molecule has 0 aliphatic carbocycles. The Morgan fingerprint density at radius 3 is 3.00 bits per heavy atom. The van der Waals surface area contributed by atoms with Gasteiger partial charge in [-0.05, 0) is 13.0 Å². The molecular weight excluding hydrogens is 116 g/mol. The number of rotatable bonds is 1. The molecule has 1 rings (SSSR count). The standard InChI is InChI=1S/C6H12N2O/c1-7-6(9)5-2-3-8-4-5/h5,8H,2-4H2,1H3,(H,7,9)/t5-/m1/s1. The Morgan fingerprint density at radius 1 is 1.78 bits per heavy atom. The summed E-state index contributed by atoms with van der Waals surface area (Å²) in [4.78, 5) is 10.9. The molecule has 0 spiro atoms. The van der Waals surface area contributed by atoms with Crippen LogP contribution in [0.25, 0.3) is 0 Å². The molecule has 1 amide bonds. The quantitative estimate of drug-likeness (QED) is 0.492. The molecule has 1 fully saturated rings. The first-order valence-corrected chi connectivity index (χ1v) is 3.27. The Bertz CT molecular complexity index is 108. The molecule has 9 heavy (non-hydrogen) atoms. The summed E-state index contributed by atoms with van der Waals surface area (Å²) >= 11 is 0. The van der Waals surface area contributed by atoms with E-state index in [0.717, 1.165) is 19.5 Å². The van der Waals surface area contributed by atoms with Crippen molar-refractivity contribution in [3.63, 3.8) is 0 Å². The molecule has 3 nitrogen and oxygen atoms in total. The van der Waals surface area contributed by atoms with Crippen LogP contribution >= 0.6 is 0 Å². The number of nitrogens with one attached hydrogen (secondary N) is 2. The highest BCUT2D eigenvalue weighted by atomic mass is 16.1. The second-order valence-electron chi connectivity index (χ2n) is 2.30. The molecule has 2 N–H and O–H groups in total. The first-order chi connectivity index (χ1) is 4.34. The Kier molecular flexibility index (Phi) is 2.05. The zero-order valence-electron chi connectivity index (χ0n) is 5.61. The summed E-state index contributed by atoms with van der Waals surface area (Å²) in [6.45, 7) is 1.83. The van der Waals surface area contributed by atoms with E-state index < -0.39 is 0 Å². The first-order valence-electron chi connectivity index (χ1n) is 3.27. The minimum atomic E-state index is 0.167. The smallest absolute Gasteiger partial charge is 0.224 e. The number of hydrogen-bond donors (Lipinski definition) is 2. The number of carbonyl (C=O) groups is 1. The van der Waals surface area contributed by atoms with Gasteiger partial charge in [-0.2, -0.15) is 0 Å². The molecule has 3 heteroatoms. The molecule has 0 saturated carbocycles. The van der Waals surface area contributed by atoms with Crippen molar-refractivity contribution < 1.29 is 4.79 Å². The normalized spacial score (nSPS) is 26.1. The molecule has 0 aromatic heterocycles. The molecule has 1 saturated heterocycles. The van der Waals surface area contributed by atoms with E-state index in [-0.39, 0.29) is 11.8 Å². The predicted molar refractivity (Wildman–Crippen MR) is 35.0 cm³/mol. The second kappa shape index (κ2) is 2.82. The lowest BCUT2D eigenvalue weighted by atomic mass is 10.1. The van der Waals surface area contributed by atoms with Crippen LogP contribution in [0.15, 0.2) is 0 Å². The number of amides is 1. The van der Waals surface area contributed by atoms with Crippen molar-refractivity contribution in [3.05, 3.63) is 0 Å². The summed E-state index contributed by atoms with van der Waals surface area (Å²) in [5.41, 5.74) is 0. The van der Waals surface area contributed by atoms with Gasteiger partial charge < -0.3 is 10.6 Å². The number of hydrogen-bond acceptors (Lipinski definition) is 2. The first kappa shape index (κ1) is 6.55. The Labute approximate surface area is 54.8 Å². The lowest BCUT2D eigenvalue weighted by Gasteiger charge is -2.03. The van der Waals surface area contributed by atoms with Crippen molar-refractivity contribution in [3.8, 4) is 0 Å². The van der Waals surface area contributed by atoms with Gasteiger partial charge in [-0.15, -0.1) is 0 Å². The highest BCUT2D eigenvalue weighted by molar-refractivity contribution is 5.78. The summed E-state index contributed by atoms with van der Waals surface area (Å²) < 4.78 is 0. The van der Waals surface area contributed by atoms with Crippen molar-refractivity contribution in [1.82, 2.24) is 10.6 Å². The van der Waals surface area contributed by atoms with Crippen LogP contribution in [0.5, 0.6) is 0 Å². The highest BCUT2D eigenvalue weighted by Gasteiger charge is 2.20. The van der Waals surface area contributed by atoms with Crippen LogP contribution in [0.3, 0.4) is 0 Å². The van der Waals surface area contributed by atoms with E-state index in [0.29, 0.717) is 0 Å². The zero-order valence-corrected chi connectivity index (χ0v) is 5.61. The van der Waals surface area contributed by atoms with Crippen LogP contribution in [0, 0.1) is 5.92 Å². The maximum atomic E-state index is 10.9. The fraction of sp³-hybridized carbons (Fsp3) is 0.833. The SMILES string of the molecule is CNC(=O)[C@@H]1CCNC1. The molecule has 0 aromatic rings. The molecular formula is C6H12N2O. The van der Waals surface area contributed by atoms with Crippen molar-refractivity contribution in [2.45, 2.75) is 6.42 Å². The van der Waals surface area contributed by atoms with Crippen molar-refractivity contribution >= 4 is 5.91 Å². The Balaban J connectivity index is 2.32. The fourth-order valence-electron chi connectivity index (χ4n) is 1.08. The van der Waals surface area contributed by atoms with E-state index in [9.17, 15) is 4.79 Å². The third-order valence-corrected chi connectivity index (χ3v) is 1.68. The van der Waals surface area contributed by atoms with E-state index >= 15 is 0 Å². The van der Waals surface area contributed by atoms with Crippen LogP contribution in [0.4, 0.5) is 0 Å². The summed E-state index contributed by atoms with van der Waals surface area (Å²) in [6, 6.07) is 0. The molecule has 1 aliphatic rings. The predicted octanol–water partition coefficient (Wildman–Crippen LogP) is -0.658. The van der Waals surface area contributed by atoms with Gasteiger partial charge in [0.15, 0.2) is 0 Å². The van der Waals surface area contributed by atoms with Gasteiger partial charge in [-0.3, -0.25) is 4.79 Å².